The second-order valence-corrected chi connectivity index (χ2v) is 8.64. The normalized spacial score (nSPS) is 11.2. The highest BCUT2D eigenvalue weighted by Gasteiger charge is 2.32. The lowest BCUT2D eigenvalue weighted by molar-refractivity contribution is 0.0995. The molecule has 0 saturated carbocycles. The number of benzene rings is 1. The van der Waals surface area contributed by atoms with Crippen molar-refractivity contribution in [3.63, 3.8) is 0 Å². The molecule has 11 heteroatoms. The minimum atomic E-state index is -4.14. The first-order chi connectivity index (χ1) is 13.1. The predicted molar refractivity (Wildman–Crippen MR) is 104 cm³/mol. The SMILES string of the molecule is Cc1ccc(N(C(=O)c2sccc2S(N)(=O)=O)c2onc(C)c2Cl)c(C#N)c1. The molecule has 8 nitrogen and oxygen atoms in total. The van der Waals surface area contributed by atoms with Crippen molar-refractivity contribution in [1.82, 2.24) is 5.16 Å². The number of nitrogens with two attached hydrogens (primary N) is 1. The van der Waals surface area contributed by atoms with Crippen LogP contribution in [-0.4, -0.2) is 19.5 Å². The van der Waals surface area contributed by atoms with Crippen molar-refractivity contribution in [2.24, 2.45) is 5.14 Å². The molecular formula is C17H13ClN4O4S2. The number of hydrogen-bond acceptors (Lipinski definition) is 7. The van der Waals surface area contributed by atoms with Crippen LogP contribution in [0.1, 0.15) is 26.5 Å². The summed E-state index contributed by atoms with van der Waals surface area (Å²) in [5.41, 5.74) is 1.48. The van der Waals surface area contributed by atoms with Gasteiger partial charge < -0.3 is 4.52 Å². The number of amides is 1. The Labute approximate surface area is 169 Å². The average molecular weight is 437 g/mol. The molecule has 2 heterocycles. The Bertz CT molecular complexity index is 1220. The van der Waals surface area contributed by atoms with E-state index in [1.54, 1.807) is 32.0 Å². The van der Waals surface area contributed by atoms with E-state index >= 15 is 0 Å². The molecule has 0 bridgehead atoms. The van der Waals surface area contributed by atoms with Gasteiger partial charge in [0, 0.05) is 0 Å². The van der Waals surface area contributed by atoms with E-state index in [-0.39, 0.29) is 31.9 Å². The number of sulfonamides is 1. The minimum Gasteiger partial charge on any atom is -0.336 e. The molecule has 0 aliphatic heterocycles. The summed E-state index contributed by atoms with van der Waals surface area (Å²) in [5.74, 6) is -0.893. The molecule has 0 saturated heterocycles. The lowest BCUT2D eigenvalue weighted by Gasteiger charge is -2.21. The number of carbonyl (C=O) groups excluding carboxylic acids is 1. The monoisotopic (exact) mass is 436 g/mol. The topological polar surface area (TPSA) is 130 Å². The first-order valence-electron chi connectivity index (χ1n) is 7.72. The molecule has 2 N–H and O–H groups in total. The van der Waals surface area contributed by atoms with E-state index in [0.717, 1.165) is 21.8 Å². The van der Waals surface area contributed by atoms with Crippen LogP contribution in [0.15, 0.2) is 39.1 Å². The summed E-state index contributed by atoms with van der Waals surface area (Å²) in [6, 6.07) is 8.08. The molecule has 0 atom stereocenters. The zero-order valence-electron chi connectivity index (χ0n) is 14.6. The van der Waals surface area contributed by atoms with Crippen LogP contribution in [0.2, 0.25) is 5.02 Å². The molecular weight excluding hydrogens is 424 g/mol. The number of nitriles is 1. The molecule has 0 spiro atoms. The van der Waals surface area contributed by atoms with Crippen molar-refractivity contribution >= 4 is 50.4 Å². The third-order valence-electron chi connectivity index (χ3n) is 3.82. The summed E-state index contributed by atoms with van der Waals surface area (Å²) in [4.78, 5) is 13.9. The van der Waals surface area contributed by atoms with Crippen molar-refractivity contribution in [3.05, 3.63) is 56.4 Å². The van der Waals surface area contributed by atoms with E-state index in [1.165, 1.54) is 11.4 Å². The van der Waals surface area contributed by atoms with Crippen LogP contribution in [0.3, 0.4) is 0 Å². The molecule has 0 aliphatic rings. The number of carbonyl (C=O) groups is 1. The lowest BCUT2D eigenvalue weighted by atomic mass is 10.1. The zero-order chi connectivity index (χ0) is 20.6. The maximum atomic E-state index is 13.3. The van der Waals surface area contributed by atoms with Crippen molar-refractivity contribution in [2.45, 2.75) is 18.7 Å². The molecule has 0 aliphatic carbocycles. The van der Waals surface area contributed by atoms with Crippen molar-refractivity contribution < 1.29 is 17.7 Å². The molecule has 2 aromatic heterocycles. The van der Waals surface area contributed by atoms with Crippen LogP contribution in [0.4, 0.5) is 11.6 Å². The van der Waals surface area contributed by atoms with Crippen LogP contribution in [0.5, 0.6) is 0 Å². The van der Waals surface area contributed by atoms with Crippen LogP contribution in [0, 0.1) is 25.2 Å². The fraction of sp³-hybridized carbons (Fsp3) is 0.118. The Morgan fingerprint density at radius 1 is 1.36 bits per heavy atom. The molecule has 0 fully saturated rings. The molecule has 1 amide bonds. The van der Waals surface area contributed by atoms with E-state index in [1.807, 2.05) is 6.07 Å². The predicted octanol–water partition coefficient (Wildman–Crippen LogP) is 3.50. The molecule has 1 aromatic carbocycles. The van der Waals surface area contributed by atoms with E-state index in [2.05, 4.69) is 5.16 Å². The Hall–Kier alpha value is -2.71. The van der Waals surface area contributed by atoms with Gasteiger partial charge >= 0.3 is 0 Å². The second kappa shape index (κ2) is 7.37. The highest BCUT2D eigenvalue weighted by atomic mass is 35.5. The fourth-order valence-electron chi connectivity index (χ4n) is 2.51. The van der Waals surface area contributed by atoms with E-state index in [9.17, 15) is 18.5 Å². The smallest absolute Gasteiger partial charge is 0.276 e. The van der Waals surface area contributed by atoms with Gasteiger partial charge in [-0.25, -0.2) is 18.5 Å². The molecule has 28 heavy (non-hydrogen) atoms. The van der Waals surface area contributed by atoms with Gasteiger partial charge in [-0.15, -0.1) is 11.3 Å². The molecule has 144 valence electrons. The van der Waals surface area contributed by atoms with E-state index < -0.39 is 15.9 Å². The largest absolute Gasteiger partial charge is 0.336 e. The number of aromatic nitrogens is 1. The first-order valence-corrected chi connectivity index (χ1v) is 10.5. The lowest BCUT2D eigenvalue weighted by Crippen LogP contribution is -2.28. The average Bonchev–Trinajstić information content (AvgIpc) is 3.25. The van der Waals surface area contributed by atoms with Gasteiger partial charge in [-0.05, 0) is 43.0 Å². The van der Waals surface area contributed by atoms with E-state index in [4.69, 9.17) is 21.3 Å². The standard InChI is InChI=1S/C17H13ClN4O4S2/c1-9-3-4-12(11(7-9)8-19)22(17-14(18)10(2)21-26-17)16(23)15-13(5-6-27-15)28(20,24)25/h3-7H,1-2H3,(H2,20,24,25). The summed E-state index contributed by atoms with van der Waals surface area (Å²) in [6.07, 6.45) is 0. The number of anilines is 2. The summed E-state index contributed by atoms with van der Waals surface area (Å²) in [6.45, 7) is 3.37. The van der Waals surface area contributed by atoms with Crippen molar-refractivity contribution in [1.29, 1.82) is 5.26 Å². The maximum absolute atomic E-state index is 13.3. The number of hydrogen-bond donors (Lipinski definition) is 1. The van der Waals surface area contributed by atoms with Gasteiger partial charge in [0.1, 0.15) is 26.6 Å². The minimum absolute atomic E-state index is 0.0616. The Balaban J connectivity index is 2.28. The Morgan fingerprint density at radius 2 is 2.07 bits per heavy atom. The number of primary sulfonamides is 1. The van der Waals surface area contributed by atoms with Gasteiger partial charge in [0.15, 0.2) is 0 Å². The quantitative estimate of drug-likeness (QED) is 0.665. The number of aryl methyl sites for hydroxylation is 2. The van der Waals surface area contributed by atoms with Crippen molar-refractivity contribution in [2.75, 3.05) is 4.90 Å². The third-order valence-corrected chi connectivity index (χ3v) is 6.24. The van der Waals surface area contributed by atoms with Crippen LogP contribution >= 0.6 is 22.9 Å². The van der Waals surface area contributed by atoms with Crippen molar-refractivity contribution in [3.8, 4) is 6.07 Å². The Kier molecular flexibility index (Phi) is 5.27. The molecule has 0 radical (unpaired) electrons. The highest BCUT2D eigenvalue weighted by Crippen LogP contribution is 2.38. The molecule has 3 aromatic rings. The van der Waals surface area contributed by atoms with Gasteiger partial charge in [-0.1, -0.05) is 22.8 Å². The number of halogens is 1. The highest BCUT2D eigenvalue weighted by molar-refractivity contribution is 7.89. The third kappa shape index (κ3) is 3.53. The van der Waals surface area contributed by atoms with Crippen LogP contribution in [-0.2, 0) is 10.0 Å². The van der Waals surface area contributed by atoms with Crippen LogP contribution < -0.4 is 10.0 Å². The van der Waals surface area contributed by atoms with E-state index in [0.29, 0.717) is 5.69 Å². The Morgan fingerprint density at radius 3 is 2.64 bits per heavy atom. The second-order valence-electron chi connectivity index (χ2n) is 5.82. The summed E-state index contributed by atoms with van der Waals surface area (Å²) >= 11 is 7.14. The summed E-state index contributed by atoms with van der Waals surface area (Å²) < 4.78 is 28.9. The number of nitrogens with zero attached hydrogens (tertiary/aromatic N) is 3. The van der Waals surface area contributed by atoms with Gasteiger partial charge in [0.25, 0.3) is 11.8 Å². The molecule has 0 unspecified atom stereocenters. The van der Waals surface area contributed by atoms with Gasteiger partial charge in [0.2, 0.25) is 10.0 Å². The number of rotatable bonds is 4. The van der Waals surface area contributed by atoms with Gasteiger partial charge in [-0.3, -0.25) is 4.79 Å². The van der Waals surface area contributed by atoms with Crippen LogP contribution in [0.25, 0.3) is 0 Å². The van der Waals surface area contributed by atoms with Gasteiger partial charge in [-0.2, -0.15) is 5.26 Å². The first kappa shape index (κ1) is 20.0. The fourth-order valence-corrected chi connectivity index (χ4v) is 4.56. The van der Waals surface area contributed by atoms with Gasteiger partial charge in [0.05, 0.1) is 11.3 Å². The summed E-state index contributed by atoms with van der Waals surface area (Å²) in [5, 5.41) is 20.0. The zero-order valence-corrected chi connectivity index (χ0v) is 17.0. The number of thiophene rings is 1. The maximum Gasteiger partial charge on any atom is 0.276 e. The summed E-state index contributed by atoms with van der Waals surface area (Å²) in [7, 11) is -4.14. The molecule has 3 rings (SSSR count).